The molecule has 0 heterocycles. The minimum atomic E-state index is 0.509. The van der Waals surface area contributed by atoms with Gasteiger partial charge in [-0.25, -0.2) is 0 Å². The molecule has 1 heteroatoms. The van der Waals surface area contributed by atoms with Crippen LogP contribution in [0.15, 0.2) is 35.5 Å². The van der Waals surface area contributed by atoms with E-state index in [1.807, 2.05) is 5.37 Å². The zero-order valence-electron chi connectivity index (χ0n) is 6.50. The molecule has 11 heavy (non-hydrogen) atoms. The SMILES string of the molecule is C=C1C=C1C(C)C1=CC1C=S. The minimum Gasteiger partial charge on any atom is -0.0925 e. The van der Waals surface area contributed by atoms with Gasteiger partial charge in [0.15, 0.2) is 0 Å². The quantitative estimate of drug-likeness (QED) is 0.454. The average molecular weight is 162 g/mol. The van der Waals surface area contributed by atoms with Crippen LogP contribution in [0.3, 0.4) is 0 Å². The van der Waals surface area contributed by atoms with E-state index in [1.165, 1.54) is 16.7 Å². The summed E-state index contributed by atoms with van der Waals surface area (Å²) in [6.07, 6.45) is 4.37. The average Bonchev–Trinajstić information content (AvgIpc) is 2.81. The lowest BCUT2D eigenvalue weighted by atomic mass is 10.0. The van der Waals surface area contributed by atoms with Gasteiger partial charge in [-0.2, -0.15) is 0 Å². The van der Waals surface area contributed by atoms with Crippen LogP contribution in [0.5, 0.6) is 0 Å². The Bertz CT molecular complexity index is 294. The summed E-state index contributed by atoms with van der Waals surface area (Å²) in [7, 11) is 0. The molecule has 0 aromatic rings. The zero-order chi connectivity index (χ0) is 8.01. The Morgan fingerprint density at radius 2 is 2.36 bits per heavy atom. The summed E-state index contributed by atoms with van der Waals surface area (Å²) in [4.78, 5) is 0. The first-order valence-electron chi connectivity index (χ1n) is 3.82. The molecule has 2 rings (SSSR count). The molecule has 0 radical (unpaired) electrons. The van der Waals surface area contributed by atoms with Crippen LogP contribution >= 0.6 is 12.2 Å². The number of hydrogen-bond acceptors (Lipinski definition) is 1. The normalized spacial score (nSPS) is 28.8. The fourth-order valence-electron chi connectivity index (χ4n) is 1.44. The summed E-state index contributed by atoms with van der Waals surface area (Å²) in [5.41, 5.74) is 4.11. The van der Waals surface area contributed by atoms with Crippen molar-refractivity contribution in [1.29, 1.82) is 0 Å². The van der Waals surface area contributed by atoms with Crippen molar-refractivity contribution >= 4 is 17.6 Å². The van der Waals surface area contributed by atoms with Crippen LogP contribution in [0, 0.1) is 11.8 Å². The van der Waals surface area contributed by atoms with Crippen LogP contribution < -0.4 is 0 Å². The summed E-state index contributed by atoms with van der Waals surface area (Å²) in [5.74, 6) is 1.08. The molecule has 0 aromatic carbocycles. The molecule has 0 nitrogen and oxygen atoms in total. The molecule has 0 fully saturated rings. The highest BCUT2D eigenvalue weighted by atomic mass is 32.1. The summed E-state index contributed by atoms with van der Waals surface area (Å²) in [5, 5.41) is 1.83. The van der Waals surface area contributed by atoms with Crippen molar-refractivity contribution in [3.63, 3.8) is 0 Å². The van der Waals surface area contributed by atoms with E-state index in [0.29, 0.717) is 11.8 Å². The lowest BCUT2D eigenvalue weighted by Crippen LogP contribution is -1.93. The van der Waals surface area contributed by atoms with Crippen molar-refractivity contribution in [2.75, 3.05) is 0 Å². The van der Waals surface area contributed by atoms with Crippen LogP contribution in [0.1, 0.15) is 6.92 Å². The van der Waals surface area contributed by atoms with E-state index in [2.05, 4.69) is 25.7 Å². The third-order valence-corrected chi connectivity index (χ3v) is 2.67. The van der Waals surface area contributed by atoms with Gasteiger partial charge in [-0.3, -0.25) is 0 Å². The highest BCUT2D eigenvalue weighted by molar-refractivity contribution is 7.79. The van der Waals surface area contributed by atoms with Gasteiger partial charge in [-0.1, -0.05) is 43.4 Å². The van der Waals surface area contributed by atoms with Gasteiger partial charge in [0.1, 0.15) is 0 Å². The molecule has 0 saturated carbocycles. The van der Waals surface area contributed by atoms with Gasteiger partial charge in [0, 0.05) is 11.8 Å². The maximum absolute atomic E-state index is 4.85. The van der Waals surface area contributed by atoms with E-state index in [1.54, 1.807) is 0 Å². The van der Waals surface area contributed by atoms with E-state index in [0.717, 1.165) is 0 Å². The maximum atomic E-state index is 4.85. The first kappa shape index (κ1) is 6.99. The fraction of sp³-hybridized carbons (Fsp3) is 0.300. The second-order valence-electron chi connectivity index (χ2n) is 3.18. The molecule has 0 aliphatic heterocycles. The molecule has 0 bridgehead atoms. The Labute approximate surface area is 72.3 Å². The molecule has 0 N–H and O–H groups in total. The third-order valence-electron chi connectivity index (χ3n) is 2.38. The van der Waals surface area contributed by atoms with Gasteiger partial charge in [0.05, 0.1) is 0 Å². The second kappa shape index (κ2) is 2.15. The Hall–Kier alpha value is -0.690. The third kappa shape index (κ3) is 1.10. The molecule has 56 valence electrons. The molecule has 0 amide bonds. The number of rotatable bonds is 3. The van der Waals surface area contributed by atoms with Crippen LogP contribution in [0.4, 0.5) is 0 Å². The minimum absolute atomic E-state index is 0.509. The Kier molecular flexibility index (Phi) is 1.36. The standard InChI is InChI=1S/C10H10S/c1-6-3-9(6)7(2)10-4-8(10)5-11/h3-5,7-8H,1H2,2H3. The predicted molar refractivity (Wildman–Crippen MR) is 51.6 cm³/mol. The molecule has 0 aromatic heterocycles. The zero-order valence-corrected chi connectivity index (χ0v) is 7.32. The lowest BCUT2D eigenvalue weighted by molar-refractivity contribution is 0.853. The molecule has 2 aliphatic carbocycles. The van der Waals surface area contributed by atoms with Crippen LogP contribution in [0.2, 0.25) is 0 Å². The van der Waals surface area contributed by atoms with Gasteiger partial charge in [-0.05, 0) is 16.5 Å². The summed E-state index contributed by atoms with van der Waals surface area (Å²) >= 11 is 4.85. The Balaban J connectivity index is 1.98. The monoisotopic (exact) mass is 162 g/mol. The van der Waals surface area contributed by atoms with Crippen molar-refractivity contribution < 1.29 is 0 Å². The summed E-state index contributed by atoms with van der Waals surface area (Å²) in [6.45, 7) is 6.09. The smallest absolute Gasteiger partial charge is 0.0271 e. The summed E-state index contributed by atoms with van der Waals surface area (Å²) < 4.78 is 0. The first-order chi connectivity index (χ1) is 5.24. The van der Waals surface area contributed by atoms with Gasteiger partial charge < -0.3 is 0 Å². The van der Waals surface area contributed by atoms with Crippen LogP contribution in [-0.4, -0.2) is 5.37 Å². The predicted octanol–water partition coefficient (Wildman–Crippen LogP) is 2.67. The highest BCUT2D eigenvalue weighted by Crippen LogP contribution is 2.44. The van der Waals surface area contributed by atoms with E-state index < -0.39 is 0 Å². The topological polar surface area (TPSA) is 0 Å². The molecule has 2 unspecified atom stereocenters. The second-order valence-corrected chi connectivity index (χ2v) is 3.45. The number of hydrogen-bond donors (Lipinski definition) is 0. The highest BCUT2D eigenvalue weighted by Gasteiger charge is 2.32. The van der Waals surface area contributed by atoms with Gasteiger partial charge in [-0.15, -0.1) is 0 Å². The van der Waals surface area contributed by atoms with E-state index in [4.69, 9.17) is 12.2 Å². The molecule has 0 saturated heterocycles. The molecule has 2 aliphatic rings. The first-order valence-corrected chi connectivity index (χ1v) is 4.29. The lowest BCUT2D eigenvalue weighted by Gasteiger charge is -2.01. The van der Waals surface area contributed by atoms with Gasteiger partial charge >= 0.3 is 0 Å². The van der Waals surface area contributed by atoms with Gasteiger partial charge in [0.2, 0.25) is 0 Å². The van der Waals surface area contributed by atoms with Crippen molar-refractivity contribution in [3.05, 3.63) is 35.5 Å². The van der Waals surface area contributed by atoms with Crippen molar-refractivity contribution in [1.82, 2.24) is 0 Å². The van der Waals surface area contributed by atoms with E-state index >= 15 is 0 Å². The van der Waals surface area contributed by atoms with E-state index in [9.17, 15) is 0 Å². The largest absolute Gasteiger partial charge is 0.0925 e. The molecule has 0 spiro atoms. The maximum Gasteiger partial charge on any atom is 0.0271 e. The van der Waals surface area contributed by atoms with Crippen molar-refractivity contribution in [2.24, 2.45) is 11.8 Å². The molecular weight excluding hydrogens is 152 g/mol. The van der Waals surface area contributed by atoms with Crippen molar-refractivity contribution in [3.8, 4) is 0 Å². The molecule has 2 atom stereocenters. The van der Waals surface area contributed by atoms with E-state index in [-0.39, 0.29) is 0 Å². The van der Waals surface area contributed by atoms with Crippen molar-refractivity contribution in [2.45, 2.75) is 6.92 Å². The fourth-order valence-corrected chi connectivity index (χ4v) is 1.68. The number of allylic oxidation sites excluding steroid dienone is 5. The Morgan fingerprint density at radius 3 is 2.73 bits per heavy atom. The van der Waals surface area contributed by atoms with Gasteiger partial charge in [0.25, 0.3) is 0 Å². The molecular formula is C10H10S. The summed E-state index contributed by atoms with van der Waals surface area (Å²) in [6, 6.07) is 0. The van der Waals surface area contributed by atoms with Crippen LogP contribution in [0.25, 0.3) is 0 Å². The Morgan fingerprint density at radius 1 is 1.73 bits per heavy atom. The van der Waals surface area contributed by atoms with Crippen LogP contribution in [-0.2, 0) is 0 Å². The number of thiocarbonyl (C=S) groups is 1.